The molecule has 0 radical (unpaired) electrons. The minimum atomic E-state index is -6.22. The summed E-state index contributed by atoms with van der Waals surface area (Å²) in [4.78, 5) is 33.9. The predicted molar refractivity (Wildman–Crippen MR) is 83.3 cm³/mol. The summed E-state index contributed by atoms with van der Waals surface area (Å²) in [5.41, 5.74) is -5.83. The molecule has 0 saturated carbocycles. The van der Waals surface area contributed by atoms with Gasteiger partial charge >= 0.3 is 33.5 Å². The third-order valence-corrected chi connectivity index (χ3v) is 4.44. The van der Waals surface area contributed by atoms with Crippen LogP contribution >= 0.6 is 0 Å². The molecule has 1 aliphatic heterocycles. The van der Waals surface area contributed by atoms with Gasteiger partial charge in [0, 0.05) is 27.9 Å². The molecule has 0 amide bonds. The largest absolute Gasteiger partial charge is 0.523 e. The average Bonchev–Trinajstić information content (AvgIpc) is 2.54. The molecule has 1 rings (SSSR count). The van der Waals surface area contributed by atoms with Gasteiger partial charge in [-0.3, -0.25) is 18.6 Å². The second kappa shape index (κ2) is 9.69. The van der Waals surface area contributed by atoms with Gasteiger partial charge in [-0.25, -0.2) is 0 Å². The normalized spacial score (nSPS) is 27.8. The smallest absolute Gasteiger partial charge is 0.463 e. The Kier molecular flexibility index (Phi) is 8.37. The van der Waals surface area contributed by atoms with Crippen LogP contribution in [0.15, 0.2) is 0 Å². The van der Waals surface area contributed by atoms with Crippen LogP contribution in [0.1, 0.15) is 20.8 Å². The Bertz CT molecular complexity index is 721. The van der Waals surface area contributed by atoms with Crippen molar-refractivity contribution < 1.29 is 63.8 Å². The molecule has 0 bridgehead atoms. The minimum Gasteiger partial charge on any atom is -0.463 e. The summed E-state index contributed by atoms with van der Waals surface area (Å²) >= 11 is 0. The van der Waals surface area contributed by atoms with Crippen LogP contribution in [0.2, 0.25) is 0 Å². The zero-order chi connectivity index (χ0) is 22.6. The van der Waals surface area contributed by atoms with Crippen LogP contribution < -0.4 is 0 Å². The molecule has 1 aliphatic rings. The van der Waals surface area contributed by atoms with Crippen molar-refractivity contribution in [2.75, 3.05) is 13.7 Å². The SMILES string of the molecule is CO[C@H]1O[C@H](COC(C)=O)[C@H](OC(C)=O)[C@H](OS(=O)(=O)C(F)(F)F)[C@H]1OC(C)=O. The van der Waals surface area contributed by atoms with E-state index in [4.69, 9.17) is 23.7 Å². The highest BCUT2D eigenvalue weighted by atomic mass is 32.2. The first kappa shape index (κ1) is 25.1. The fraction of sp³-hybridized carbons (Fsp3) is 0.786. The van der Waals surface area contributed by atoms with Crippen molar-refractivity contribution in [2.24, 2.45) is 0 Å². The molecule has 1 saturated heterocycles. The lowest BCUT2D eigenvalue weighted by Crippen LogP contribution is -2.63. The van der Waals surface area contributed by atoms with Gasteiger partial charge in [0.05, 0.1) is 0 Å². The van der Waals surface area contributed by atoms with Gasteiger partial charge in [0.1, 0.15) is 12.7 Å². The maximum absolute atomic E-state index is 12.8. The van der Waals surface area contributed by atoms with Gasteiger partial charge in [-0.15, -0.1) is 0 Å². The summed E-state index contributed by atoms with van der Waals surface area (Å²) in [6.07, 6.45) is -9.13. The molecule has 0 aromatic rings. The maximum Gasteiger partial charge on any atom is 0.523 e. The Morgan fingerprint density at radius 1 is 0.931 bits per heavy atom. The molecule has 11 nitrogen and oxygen atoms in total. The number of ether oxygens (including phenoxy) is 5. The molecule has 0 unspecified atom stereocenters. The second-order valence-electron chi connectivity index (χ2n) is 5.69. The summed E-state index contributed by atoms with van der Waals surface area (Å²) in [6, 6.07) is 0. The Morgan fingerprint density at radius 2 is 1.45 bits per heavy atom. The van der Waals surface area contributed by atoms with Crippen molar-refractivity contribution in [2.45, 2.75) is 57.0 Å². The number of esters is 3. The standard InChI is InChI=1S/C14H19F3O11S/c1-6(18)24-5-9-10(25-7(2)19)11(28-29(21,22)14(15,16)17)12(26-8(3)20)13(23-4)27-9/h9-13H,5H2,1-4H3/t9-,10+,11+,12-,13+/m1/s1. The van der Waals surface area contributed by atoms with Crippen LogP contribution in [-0.2, 0) is 52.4 Å². The van der Waals surface area contributed by atoms with Crippen molar-refractivity contribution in [3.8, 4) is 0 Å². The number of halogens is 3. The summed E-state index contributed by atoms with van der Waals surface area (Å²) in [6.45, 7) is 2.11. The van der Waals surface area contributed by atoms with E-state index in [1.54, 1.807) is 0 Å². The third kappa shape index (κ3) is 6.80. The van der Waals surface area contributed by atoms with E-state index in [1.165, 1.54) is 0 Å². The summed E-state index contributed by atoms with van der Waals surface area (Å²) < 4.78 is 90.4. The highest BCUT2D eigenvalue weighted by Crippen LogP contribution is 2.34. The number of alkyl halides is 3. The monoisotopic (exact) mass is 452 g/mol. The second-order valence-corrected chi connectivity index (χ2v) is 7.25. The predicted octanol–water partition coefficient (Wildman–Crippen LogP) is 0.0190. The van der Waals surface area contributed by atoms with E-state index in [1.807, 2.05) is 0 Å². The molecule has 0 aromatic heterocycles. The number of carbonyl (C=O) groups is 3. The van der Waals surface area contributed by atoms with Gasteiger partial charge < -0.3 is 23.7 Å². The Balaban J connectivity index is 3.43. The molecule has 0 spiro atoms. The number of carbonyl (C=O) groups excluding carboxylic acids is 3. The number of hydrogen-bond acceptors (Lipinski definition) is 11. The van der Waals surface area contributed by atoms with Gasteiger partial charge in [0.25, 0.3) is 0 Å². The van der Waals surface area contributed by atoms with Crippen molar-refractivity contribution in [3.05, 3.63) is 0 Å². The topological polar surface area (TPSA) is 141 Å². The van der Waals surface area contributed by atoms with Gasteiger partial charge in [-0.1, -0.05) is 0 Å². The molecule has 1 fully saturated rings. The van der Waals surface area contributed by atoms with Crippen LogP contribution in [0.3, 0.4) is 0 Å². The summed E-state index contributed by atoms with van der Waals surface area (Å²) in [7, 11) is -5.20. The van der Waals surface area contributed by atoms with Gasteiger partial charge in [0.2, 0.25) is 0 Å². The molecular formula is C14H19F3O11S. The van der Waals surface area contributed by atoms with Crippen LogP contribution in [0.4, 0.5) is 13.2 Å². The van der Waals surface area contributed by atoms with E-state index >= 15 is 0 Å². The molecule has 168 valence electrons. The average molecular weight is 452 g/mol. The molecule has 0 N–H and O–H groups in total. The van der Waals surface area contributed by atoms with E-state index in [0.717, 1.165) is 27.9 Å². The summed E-state index contributed by atoms with van der Waals surface area (Å²) in [5, 5.41) is 0. The zero-order valence-electron chi connectivity index (χ0n) is 15.6. The minimum absolute atomic E-state index is 0.661. The number of methoxy groups -OCH3 is 1. The molecule has 5 atom stereocenters. The fourth-order valence-electron chi connectivity index (χ4n) is 2.36. The van der Waals surface area contributed by atoms with Gasteiger partial charge in [0.15, 0.2) is 24.6 Å². The highest BCUT2D eigenvalue weighted by molar-refractivity contribution is 7.87. The molecule has 15 heteroatoms. The van der Waals surface area contributed by atoms with E-state index in [9.17, 15) is 36.0 Å². The number of rotatable bonds is 7. The van der Waals surface area contributed by atoms with E-state index in [0.29, 0.717) is 0 Å². The van der Waals surface area contributed by atoms with E-state index in [-0.39, 0.29) is 0 Å². The molecular weight excluding hydrogens is 433 g/mol. The first-order valence-electron chi connectivity index (χ1n) is 7.85. The van der Waals surface area contributed by atoms with E-state index < -0.39 is 70.8 Å². The van der Waals surface area contributed by atoms with Crippen LogP contribution in [0.5, 0.6) is 0 Å². The van der Waals surface area contributed by atoms with Crippen molar-refractivity contribution in [1.82, 2.24) is 0 Å². The zero-order valence-corrected chi connectivity index (χ0v) is 16.4. The third-order valence-electron chi connectivity index (χ3n) is 3.40. The Morgan fingerprint density at radius 3 is 1.86 bits per heavy atom. The molecule has 0 aliphatic carbocycles. The lowest BCUT2D eigenvalue weighted by Gasteiger charge is -2.43. The van der Waals surface area contributed by atoms with Crippen LogP contribution in [0.25, 0.3) is 0 Å². The number of hydrogen-bond donors (Lipinski definition) is 0. The van der Waals surface area contributed by atoms with Crippen molar-refractivity contribution >= 4 is 28.0 Å². The Hall–Kier alpha value is -1.97. The lowest BCUT2D eigenvalue weighted by molar-refractivity contribution is -0.296. The van der Waals surface area contributed by atoms with Crippen LogP contribution in [-0.4, -0.2) is 76.3 Å². The first-order chi connectivity index (χ1) is 13.2. The summed E-state index contributed by atoms with van der Waals surface area (Å²) in [5.74, 6) is -2.91. The lowest BCUT2D eigenvalue weighted by atomic mass is 9.98. The quantitative estimate of drug-likeness (QED) is 0.223. The molecule has 29 heavy (non-hydrogen) atoms. The molecule has 1 heterocycles. The highest BCUT2D eigenvalue weighted by Gasteiger charge is 2.57. The van der Waals surface area contributed by atoms with Gasteiger partial charge in [-0.05, 0) is 0 Å². The van der Waals surface area contributed by atoms with Crippen molar-refractivity contribution in [3.63, 3.8) is 0 Å². The Labute approximate surface area is 163 Å². The van der Waals surface area contributed by atoms with Crippen molar-refractivity contribution in [1.29, 1.82) is 0 Å². The van der Waals surface area contributed by atoms with E-state index in [2.05, 4.69) is 4.18 Å². The first-order valence-corrected chi connectivity index (χ1v) is 9.26. The van der Waals surface area contributed by atoms with Gasteiger partial charge in [-0.2, -0.15) is 21.6 Å². The fourth-order valence-corrected chi connectivity index (χ4v) is 2.98. The molecule has 0 aromatic carbocycles. The van der Waals surface area contributed by atoms with Crippen LogP contribution in [0, 0.1) is 0 Å². The maximum atomic E-state index is 12.8.